The number of ketones is 1. The first-order chi connectivity index (χ1) is 8.67. The Labute approximate surface area is 107 Å². The molecule has 1 aromatic heterocycles. The topological polar surface area (TPSA) is 86.6 Å². The molecular formula is C12H8ClN3O2. The van der Waals surface area contributed by atoms with Gasteiger partial charge >= 0.3 is 0 Å². The summed E-state index contributed by atoms with van der Waals surface area (Å²) in [6.45, 7) is 0. The van der Waals surface area contributed by atoms with Gasteiger partial charge in [0.2, 0.25) is 0 Å². The molecule has 1 N–H and O–H groups in total. The third kappa shape index (κ3) is 2.11. The van der Waals surface area contributed by atoms with E-state index in [1.54, 1.807) is 30.3 Å². The molecule has 0 spiro atoms. The molecule has 0 aliphatic heterocycles. The summed E-state index contributed by atoms with van der Waals surface area (Å²) >= 11 is 5.41. The molecule has 0 saturated carbocycles. The summed E-state index contributed by atoms with van der Waals surface area (Å²) in [5, 5.41) is 9.37. The molecule has 5 nitrogen and oxygen atoms in total. The molecule has 0 aliphatic carbocycles. The van der Waals surface area contributed by atoms with Gasteiger partial charge in [0.05, 0.1) is 22.9 Å². The molecule has 0 aliphatic rings. The maximum atomic E-state index is 11.8. The molecule has 1 heterocycles. The summed E-state index contributed by atoms with van der Waals surface area (Å²) in [5.74, 6) is -1.89. The number of H-pyrrole nitrogens is 1. The van der Waals surface area contributed by atoms with Crippen molar-refractivity contribution in [1.29, 1.82) is 5.26 Å². The van der Waals surface area contributed by atoms with Gasteiger partial charge in [-0.25, -0.2) is 4.98 Å². The molecule has 1 aromatic carbocycles. The first-order valence-corrected chi connectivity index (χ1v) is 5.68. The average molecular weight is 262 g/mol. The Kier molecular flexibility index (Phi) is 3.40. The quantitative estimate of drug-likeness (QED) is 0.845. The second-order valence-corrected chi connectivity index (χ2v) is 3.90. The van der Waals surface area contributed by atoms with E-state index in [2.05, 4.69) is 9.97 Å². The van der Waals surface area contributed by atoms with Crippen LogP contribution in [0.25, 0.3) is 10.9 Å². The number of hydrogen-bond acceptors (Lipinski definition) is 4. The van der Waals surface area contributed by atoms with E-state index in [4.69, 9.17) is 16.9 Å². The minimum atomic E-state index is -1.14. The molecule has 90 valence electrons. The minimum absolute atomic E-state index is 0.0341. The van der Waals surface area contributed by atoms with Crippen LogP contribution in [-0.4, -0.2) is 21.6 Å². The van der Waals surface area contributed by atoms with Gasteiger partial charge < -0.3 is 4.98 Å². The highest BCUT2D eigenvalue weighted by Gasteiger charge is 2.22. The van der Waals surface area contributed by atoms with Crippen LogP contribution in [0.4, 0.5) is 0 Å². The van der Waals surface area contributed by atoms with Crippen LogP contribution < -0.4 is 5.56 Å². The first kappa shape index (κ1) is 12.3. The van der Waals surface area contributed by atoms with E-state index in [-0.39, 0.29) is 17.3 Å². The van der Waals surface area contributed by atoms with Crippen LogP contribution in [0.3, 0.4) is 0 Å². The Morgan fingerprint density at radius 2 is 2.22 bits per heavy atom. The Balaban J connectivity index is 2.63. The Hall–Kier alpha value is -2.19. The maximum Gasteiger partial charge on any atom is 0.258 e. The van der Waals surface area contributed by atoms with Crippen molar-refractivity contribution in [1.82, 2.24) is 9.97 Å². The third-order valence-corrected chi connectivity index (χ3v) is 2.75. The normalized spacial score (nSPS) is 12.0. The van der Waals surface area contributed by atoms with Crippen molar-refractivity contribution < 1.29 is 4.79 Å². The van der Waals surface area contributed by atoms with Crippen LogP contribution in [0.5, 0.6) is 0 Å². The fourth-order valence-electron chi connectivity index (χ4n) is 1.60. The van der Waals surface area contributed by atoms with Crippen LogP contribution in [0.1, 0.15) is 11.7 Å². The van der Waals surface area contributed by atoms with Crippen molar-refractivity contribution >= 4 is 28.3 Å². The van der Waals surface area contributed by atoms with Crippen molar-refractivity contribution in [3.05, 3.63) is 40.4 Å². The molecule has 6 heteroatoms. The predicted octanol–water partition coefficient (Wildman–Crippen LogP) is 1.34. The summed E-state index contributed by atoms with van der Waals surface area (Å²) in [6, 6.07) is 8.50. The molecular weight excluding hydrogens is 254 g/mol. The van der Waals surface area contributed by atoms with Gasteiger partial charge in [0.15, 0.2) is 11.7 Å². The van der Waals surface area contributed by atoms with Crippen molar-refractivity contribution in [3.63, 3.8) is 0 Å². The van der Waals surface area contributed by atoms with Crippen molar-refractivity contribution in [3.8, 4) is 6.07 Å². The fraction of sp³-hybridized carbons (Fsp3) is 0.167. The van der Waals surface area contributed by atoms with E-state index in [9.17, 15) is 9.59 Å². The highest BCUT2D eigenvalue weighted by atomic mass is 35.5. The molecule has 0 bridgehead atoms. The van der Waals surface area contributed by atoms with Gasteiger partial charge in [-0.2, -0.15) is 5.26 Å². The van der Waals surface area contributed by atoms with Gasteiger partial charge in [-0.1, -0.05) is 12.1 Å². The van der Waals surface area contributed by atoms with Crippen LogP contribution in [0.2, 0.25) is 0 Å². The van der Waals surface area contributed by atoms with Crippen LogP contribution in [0.15, 0.2) is 29.1 Å². The molecule has 0 radical (unpaired) electrons. The number of carbonyl (C=O) groups is 1. The number of nitrogens with zero attached hydrogens (tertiary/aromatic N) is 2. The van der Waals surface area contributed by atoms with E-state index >= 15 is 0 Å². The molecule has 0 saturated heterocycles. The highest BCUT2D eigenvalue weighted by molar-refractivity contribution is 6.28. The SMILES string of the molecule is N#CC(C(=O)CCl)c1nc2ccccc2c(=O)[nH]1. The number of rotatable bonds is 3. The van der Waals surface area contributed by atoms with Crippen molar-refractivity contribution in [2.75, 3.05) is 5.88 Å². The van der Waals surface area contributed by atoms with E-state index in [1.165, 1.54) is 0 Å². The lowest BCUT2D eigenvalue weighted by atomic mass is 10.1. The molecule has 0 amide bonds. The van der Waals surface area contributed by atoms with Gasteiger partial charge in [0.25, 0.3) is 5.56 Å². The fourth-order valence-corrected chi connectivity index (χ4v) is 1.76. The van der Waals surface area contributed by atoms with Gasteiger partial charge in [-0.3, -0.25) is 9.59 Å². The summed E-state index contributed by atoms with van der Waals surface area (Å²) in [7, 11) is 0. The number of alkyl halides is 1. The second kappa shape index (κ2) is 4.98. The van der Waals surface area contributed by atoms with Gasteiger partial charge in [0, 0.05) is 0 Å². The van der Waals surface area contributed by atoms with E-state index in [0.717, 1.165) is 0 Å². The molecule has 1 atom stereocenters. The summed E-state index contributed by atoms with van der Waals surface area (Å²) in [6.07, 6.45) is 0. The van der Waals surface area contributed by atoms with Crippen molar-refractivity contribution in [2.45, 2.75) is 5.92 Å². The number of hydrogen-bond donors (Lipinski definition) is 1. The Morgan fingerprint density at radius 1 is 1.50 bits per heavy atom. The number of para-hydroxylation sites is 1. The Morgan fingerprint density at radius 3 is 2.89 bits per heavy atom. The second-order valence-electron chi connectivity index (χ2n) is 3.63. The van der Waals surface area contributed by atoms with Crippen molar-refractivity contribution in [2.24, 2.45) is 0 Å². The van der Waals surface area contributed by atoms with E-state index < -0.39 is 11.7 Å². The van der Waals surface area contributed by atoms with Gasteiger partial charge in [-0.15, -0.1) is 11.6 Å². The zero-order valence-corrected chi connectivity index (χ0v) is 9.94. The largest absolute Gasteiger partial charge is 0.308 e. The first-order valence-electron chi connectivity index (χ1n) is 5.14. The van der Waals surface area contributed by atoms with E-state index in [0.29, 0.717) is 10.9 Å². The molecule has 0 fully saturated rings. The summed E-state index contributed by atoms with van der Waals surface area (Å²) < 4.78 is 0. The third-order valence-electron chi connectivity index (χ3n) is 2.49. The number of aromatic amines is 1. The van der Waals surface area contributed by atoms with Crippen LogP contribution in [-0.2, 0) is 4.79 Å². The predicted molar refractivity (Wildman–Crippen MR) is 66.4 cm³/mol. The lowest BCUT2D eigenvalue weighted by molar-refractivity contribution is -0.117. The highest BCUT2D eigenvalue weighted by Crippen LogP contribution is 2.14. The maximum absolute atomic E-state index is 11.8. The summed E-state index contributed by atoms with van der Waals surface area (Å²) in [4.78, 5) is 29.8. The number of benzene rings is 1. The molecule has 1 unspecified atom stereocenters. The number of aromatic nitrogens is 2. The number of nitrogens with one attached hydrogen (secondary N) is 1. The average Bonchev–Trinajstić information content (AvgIpc) is 2.39. The lowest BCUT2D eigenvalue weighted by Gasteiger charge is -2.06. The summed E-state index contributed by atoms with van der Waals surface area (Å²) in [5.41, 5.74) is 0.0668. The zero-order valence-electron chi connectivity index (χ0n) is 9.18. The smallest absolute Gasteiger partial charge is 0.258 e. The molecule has 2 aromatic rings. The van der Waals surface area contributed by atoms with Gasteiger partial charge in [-0.05, 0) is 12.1 Å². The number of halogens is 1. The lowest BCUT2D eigenvalue weighted by Crippen LogP contribution is -2.20. The standard InChI is InChI=1S/C12H8ClN3O2/c13-5-10(17)8(6-14)11-15-9-4-2-1-3-7(9)12(18)16-11/h1-4,8H,5H2,(H,15,16,18). The number of carbonyl (C=O) groups excluding carboxylic acids is 1. The monoisotopic (exact) mass is 261 g/mol. The van der Waals surface area contributed by atoms with E-state index in [1.807, 2.05) is 0 Å². The zero-order chi connectivity index (χ0) is 13.1. The number of Topliss-reactive ketones (excluding diaryl/α,β-unsaturated/α-hetero) is 1. The number of fused-ring (bicyclic) bond motifs is 1. The van der Waals surface area contributed by atoms with Gasteiger partial charge in [0.1, 0.15) is 5.82 Å². The van der Waals surface area contributed by atoms with Crippen LogP contribution >= 0.6 is 11.6 Å². The Bertz CT molecular complexity index is 702. The number of nitriles is 1. The van der Waals surface area contributed by atoms with Crippen LogP contribution in [0, 0.1) is 11.3 Å². The minimum Gasteiger partial charge on any atom is -0.308 e. The molecule has 18 heavy (non-hydrogen) atoms. The molecule has 2 rings (SSSR count).